The molecule has 1 fully saturated rings. The second kappa shape index (κ2) is 7.52. The first-order chi connectivity index (χ1) is 10.5. The summed E-state index contributed by atoms with van der Waals surface area (Å²) in [5.74, 6) is 0.413. The number of hydrogen-bond acceptors (Lipinski definition) is 5. The molecule has 1 aliphatic rings. The molecule has 0 amide bonds. The van der Waals surface area contributed by atoms with Crippen LogP contribution in [0.4, 0.5) is 0 Å². The van der Waals surface area contributed by atoms with Gasteiger partial charge in [0.25, 0.3) is 0 Å². The van der Waals surface area contributed by atoms with Gasteiger partial charge in [-0.15, -0.1) is 0 Å². The van der Waals surface area contributed by atoms with Gasteiger partial charge in [-0.05, 0) is 19.1 Å². The van der Waals surface area contributed by atoms with Crippen molar-refractivity contribution in [3.05, 3.63) is 24.5 Å². The van der Waals surface area contributed by atoms with Crippen molar-refractivity contribution in [3.63, 3.8) is 0 Å². The molecule has 2 heterocycles. The Bertz CT molecular complexity index is 605. The molecule has 9 heteroatoms. The van der Waals surface area contributed by atoms with Crippen molar-refractivity contribution >= 4 is 16.0 Å². The van der Waals surface area contributed by atoms with Gasteiger partial charge >= 0.3 is 0 Å². The van der Waals surface area contributed by atoms with Crippen LogP contribution in [-0.2, 0) is 14.8 Å². The molecule has 0 aromatic carbocycles. The highest BCUT2D eigenvalue weighted by atomic mass is 32.2. The maximum Gasteiger partial charge on any atom is 0.242 e. The normalized spacial score (nSPS) is 20.1. The number of aromatic nitrogens is 1. The fourth-order valence-corrected chi connectivity index (χ4v) is 3.05. The molecule has 8 nitrogen and oxygen atoms in total. The molecule has 0 spiro atoms. The highest BCUT2D eigenvalue weighted by molar-refractivity contribution is 7.89. The minimum atomic E-state index is -3.55. The quantitative estimate of drug-likeness (QED) is 0.424. The number of sulfonamides is 1. The van der Waals surface area contributed by atoms with Gasteiger partial charge < -0.3 is 15.4 Å². The monoisotopic (exact) mass is 327 g/mol. The summed E-state index contributed by atoms with van der Waals surface area (Å²) in [6, 6.07) is 3.06. The highest BCUT2D eigenvalue weighted by Crippen LogP contribution is 2.05. The zero-order chi connectivity index (χ0) is 16.0. The maximum absolute atomic E-state index is 12.0. The summed E-state index contributed by atoms with van der Waals surface area (Å²) in [4.78, 5) is 10.1. The van der Waals surface area contributed by atoms with E-state index in [9.17, 15) is 8.42 Å². The van der Waals surface area contributed by atoms with Crippen molar-refractivity contribution in [2.75, 3.05) is 32.8 Å². The molecule has 1 atom stereocenters. The Hall–Kier alpha value is -1.71. The molecular formula is C13H21N5O3S. The molecule has 1 aliphatic heterocycles. The summed E-state index contributed by atoms with van der Waals surface area (Å²) in [5.41, 5.74) is 5.90. The SMILES string of the molecule is CC1CN(C(N)=NCCNS(=O)(=O)c2cccnc2)CCO1. The maximum atomic E-state index is 12.0. The van der Waals surface area contributed by atoms with Gasteiger partial charge in [0.15, 0.2) is 5.96 Å². The number of aliphatic imine (C=N–C) groups is 1. The summed E-state index contributed by atoms with van der Waals surface area (Å²) in [7, 11) is -3.55. The molecule has 0 saturated carbocycles. The van der Waals surface area contributed by atoms with Gasteiger partial charge in [0.05, 0.1) is 19.3 Å². The first kappa shape index (κ1) is 16.7. The van der Waals surface area contributed by atoms with E-state index in [4.69, 9.17) is 10.5 Å². The molecular weight excluding hydrogens is 306 g/mol. The summed E-state index contributed by atoms with van der Waals surface area (Å²) < 4.78 is 31.8. The van der Waals surface area contributed by atoms with Gasteiger partial charge in [0, 0.05) is 32.0 Å². The number of nitrogens with one attached hydrogen (secondary N) is 1. The number of morpholine rings is 1. The average Bonchev–Trinajstić information content (AvgIpc) is 2.52. The Labute approximate surface area is 130 Å². The Morgan fingerprint density at radius 2 is 2.45 bits per heavy atom. The molecule has 1 saturated heterocycles. The summed E-state index contributed by atoms with van der Waals surface area (Å²) in [6.45, 7) is 4.43. The molecule has 0 radical (unpaired) electrons. The molecule has 1 aromatic rings. The number of hydrogen-bond donors (Lipinski definition) is 2. The standard InChI is InChI=1S/C13H21N5O3S/c1-11-10-18(7-8-21-11)13(14)16-5-6-17-22(19,20)12-3-2-4-15-9-12/h2-4,9,11,17H,5-8,10H2,1H3,(H2,14,16). The van der Waals surface area contributed by atoms with Crippen LogP contribution in [0.15, 0.2) is 34.4 Å². The Kier molecular flexibility index (Phi) is 5.69. The second-order valence-corrected chi connectivity index (χ2v) is 6.72. The van der Waals surface area contributed by atoms with Gasteiger partial charge in [-0.2, -0.15) is 0 Å². The van der Waals surface area contributed by atoms with Crippen molar-refractivity contribution in [3.8, 4) is 0 Å². The van der Waals surface area contributed by atoms with E-state index in [1.807, 2.05) is 11.8 Å². The zero-order valence-electron chi connectivity index (χ0n) is 12.5. The molecule has 0 aliphatic carbocycles. The van der Waals surface area contributed by atoms with Gasteiger partial charge in [-0.1, -0.05) is 0 Å². The van der Waals surface area contributed by atoms with Crippen LogP contribution in [0.25, 0.3) is 0 Å². The zero-order valence-corrected chi connectivity index (χ0v) is 13.3. The van der Waals surface area contributed by atoms with E-state index < -0.39 is 10.0 Å². The van der Waals surface area contributed by atoms with E-state index in [1.54, 1.807) is 6.07 Å². The smallest absolute Gasteiger partial charge is 0.242 e. The largest absolute Gasteiger partial charge is 0.375 e. The van der Waals surface area contributed by atoms with Crippen LogP contribution in [0.1, 0.15) is 6.92 Å². The van der Waals surface area contributed by atoms with E-state index in [2.05, 4.69) is 14.7 Å². The van der Waals surface area contributed by atoms with Crippen LogP contribution >= 0.6 is 0 Å². The Morgan fingerprint density at radius 1 is 1.64 bits per heavy atom. The molecule has 1 aromatic heterocycles. The van der Waals surface area contributed by atoms with Crippen molar-refractivity contribution in [2.24, 2.45) is 10.7 Å². The average molecular weight is 327 g/mol. The Balaban J connectivity index is 1.82. The third kappa shape index (κ3) is 4.65. The van der Waals surface area contributed by atoms with Crippen LogP contribution in [0, 0.1) is 0 Å². The minimum absolute atomic E-state index is 0.117. The third-order valence-electron chi connectivity index (χ3n) is 3.19. The lowest BCUT2D eigenvalue weighted by atomic mass is 10.3. The van der Waals surface area contributed by atoms with Crippen LogP contribution < -0.4 is 10.5 Å². The third-order valence-corrected chi connectivity index (χ3v) is 4.63. The number of pyridine rings is 1. The second-order valence-electron chi connectivity index (χ2n) is 4.95. The lowest BCUT2D eigenvalue weighted by Crippen LogP contribution is -2.48. The predicted octanol–water partition coefficient (Wildman–Crippen LogP) is -0.605. The van der Waals surface area contributed by atoms with E-state index in [0.29, 0.717) is 25.7 Å². The molecule has 2 rings (SSSR count). The summed E-state index contributed by atoms with van der Waals surface area (Å²) >= 11 is 0. The number of ether oxygens (including phenoxy) is 1. The van der Waals surface area contributed by atoms with Crippen LogP contribution in [0.3, 0.4) is 0 Å². The number of nitrogens with zero attached hydrogens (tertiary/aromatic N) is 3. The van der Waals surface area contributed by atoms with Gasteiger partial charge in [0.2, 0.25) is 10.0 Å². The first-order valence-corrected chi connectivity index (χ1v) is 8.53. The molecule has 122 valence electrons. The van der Waals surface area contributed by atoms with E-state index in [-0.39, 0.29) is 24.1 Å². The fourth-order valence-electron chi connectivity index (χ4n) is 2.07. The lowest BCUT2D eigenvalue weighted by Gasteiger charge is -2.31. The number of rotatable bonds is 5. The van der Waals surface area contributed by atoms with E-state index in [1.165, 1.54) is 18.5 Å². The predicted molar refractivity (Wildman–Crippen MR) is 82.9 cm³/mol. The Morgan fingerprint density at radius 3 is 3.14 bits per heavy atom. The number of guanidine groups is 1. The fraction of sp³-hybridized carbons (Fsp3) is 0.538. The van der Waals surface area contributed by atoms with Gasteiger partial charge in [0.1, 0.15) is 4.90 Å². The van der Waals surface area contributed by atoms with E-state index in [0.717, 1.165) is 0 Å². The van der Waals surface area contributed by atoms with Crippen LogP contribution in [-0.4, -0.2) is 63.2 Å². The van der Waals surface area contributed by atoms with Crippen molar-refractivity contribution < 1.29 is 13.2 Å². The topological polar surface area (TPSA) is 110 Å². The highest BCUT2D eigenvalue weighted by Gasteiger charge is 2.18. The minimum Gasteiger partial charge on any atom is -0.375 e. The van der Waals surface area contributed by atoms with Crippen molar-refractivity contribution in [1.29, 1.82) is 0 Å². The van der Waals surface area contributed by atoms with Gasteiger partial charge in [-0.25, -0.2) is 13.1 Å². The molecule has 3 N–H and O–H groups in total. The summed E-state index contributed by atoms with van der Waals surface area (Å²) in [6.07, 6.45) is 2.94. The summed E-state index contributed by atoms with van der Waals surface area (Å²) in [5, 5.41) is 0. The van der Waals surface area contributed by atoms with Crippen LogP contribution in [0.5, 0.6) is 0 Å². The van der Waals surface area contributed by atoms with Crippen molar-refractivity contribution in [1.82, 2.24) is 14.6 Å². The lowest BCUT2D eigenvalue weighted by molar-refractivity contribution is 0.00530. The molecule has 1 unspecified atom stereocenters. The van der Waals surface area contributed by atoms with Crippen molar-refractivity contribution in [2.45, 2.75) is 17.9 Å². The van der Waals surface area contributed by atoms with Gasteiger partial charge in [-0.3, -0.25) is 9.98 Å². The first-order valence-electron chi connectivity index (χ1n) is 7.05. The van der Waals surface area contributed by atoms with E-state index >= 15 is 0 Å². The molecule has 0 bridgehead atoms. The molecule has 22 heavy (non-hydrogen) atoms. The number of nitrogens with two attached hydrogens (primary N) is 1. The van der Waals surface area contributed by atoms with Crippen LogP contribution in [0.2, 0.25) is 0 Å².